The van der Waals surface area contributed by atoms with E-state index in [0.717, 1.165) is 17.3 Å². The van der Waals surface area contributed by atoms with Gasteiger partial charge in [-0.2, -0.15) is 0 Å². The molecule has 1 amide bonds. The molecule has 3 unspecified atom stereocenters. The molecule has 1 heterocycles. The number of benzene rings is 1. The van der Waals surface area contributed by atoms with E-state index in [4.69, 9.17) is 0 Å². The number of hydrogen-bond acceptors (Lipinski definition) is 3. The van der Waals surface area contributed by atoms with Gasteiger partial charge in [-0.25, -0.2) is 0 Å². The maximum absolute atomic E-state index is 11.2. The second-order valence-electron chi connectivity index (χ2n) is 6.31. The van der Waals surface area contributed by atoms with Gasteiger partial charge in [0.1, 0.15) is 0 Å². The molecule has 0 aromatic heterocycles. The Morgan fingerprint density at radius 3 is 2.81 bits per heavy atom. The lowest BCUT2D eigenvalue weighted by molar-refractivity contribution is -0.114. The van der Waals surface area contributed by atoms with Crippen LogP contribution in [0.2, 0.25) is 0 Å². The lowest BCUT2D eigenvalue weighted by Crippen LogP contribution is -2.38. The van der Waals surface area contributed by atoms with Crippen molar-refractivity contribution in [3.05, 3.63) is 24.3 Å². The van der Waals surface area contributed by atoms with E-state index in [9.17, 15) is 4.79 Å². The molecule has 21 heavy (non-hydrogen) atoms. The zero-order chi connectivity index (χ0) is 14.7. The van der Waals surface area contributed by atoms with Gasteiger partial charge in [-0.05, 0) is 56.3 Å². The fourth-order valence-corrected chi connectivity index (χ4v) is 3.83. The van der Waals surface area contributed by atoms with Crippen LogP contribution < -0.4 is 16.0 Å². The molecule has 1 aromatic carbocycles. The molecular weight excluding hydrogens is 262 g/mol. The van der Waals surface area contributed by atoms with E-state index in [0.29, 0.717) is 12.1 Å². The molecule has 1 saturated heterocycles. The van der Waals surface area contributed by atoms with Crippen LogP contribution in [0.15, 0.2) is 24.3 Å². The van der Waals surface area contributed by atoms with Crippen molar-refractivity contribution in [2.45, 2.75) is 51.1 Å². The molecule has 3 rings (SSSR count). The molecule has 4 heteroatoms. The molecule has 3 N–H and O–H groups in total. The van der Waals surface area contributed by atoms with Crippen molar-refractivity contribution in [1.82, 2.24) is 5.32 Å². The minimum atomic E-state index is -0.0268. The first-order valence-corrected chi connectivity index (χ1v) is 8.10. The quantitative estimate of drug-likeness (QED) is 0.798. The van der Waals surface area contributed by atoms with Crippen LogP contribution in [0.4, 0.5) is 11.4 Å². The van der Waals surface area contributed by atoms with Gasteiger partial charge in [0.15, 0.2) is 0 Å². The van der Waals surface area contributed by atoms with Crippen LogP contribution in [0.25, 0.3) is 0 Å². The summed E-state index contributed by atoms with van der Waals surface area (Å²) in [5, 5.41) is 10.2. The molecule has 1 aliphatic heterocycles. The summed E-state index contributed by atoms with van der Waals surface area (Å²) in [6, 6.07) is 9.27. The third-order valence-corrected chi connectivity index (χ3v) is 4.72. The molecule has 0 spiro atoms. The number of hydrogen-bond donors (Lipinski definition) is 3. The Morgan fingerprint density at radius 2 is 2.05 bits per heavy atom. The van der Waals surface area contributed by atoms with Crippen molar-refractivity contribution in [1.29, 1.82) is 0 Å². The molecule has 1 aromatic rings. The van der Waals surface area contributed by atoms with Gasteiger partial charge >= 0.3 is 0 Å². The molecule has 1 saturated carbocycles. The summed E-state index contributed by atoms with van der Waals surface area (Å²) in [4.78, 5) is 11.2. The minimum Gasteiger partial charge on any atom is -0.382 e. The molecule has 1 aliphatic carbocycles. The third kappa shape index (κ3) is 3.56. The summed E-state index contributed by atoms with van der Waals surface area (Å²) < 4.78 is 0. The number of amides is 1. The molecule has 2 fully saturated rings. The number of nitrogens with one attached hydrogen (secondary N) is 3. The van der Waals surface area contributed by atoms with E-state index >= 15 is 0 Å². The maximum Gasteiger partial charge on any atom is 0.221 e. The predicted molar refractivity (Wildman–Crippen MR) is 86.5 cm³/mol. The Labute approximate surface area is 126 Å². The smallest absolute Gasteiger partial charge is 0.221 e. The van der Waals surface area contributed by atoms with Gasteiger partial charge in [0.05, 0.1) is 0 Å². The van der Waals surface area contributed by atoms with Gasteiger partial charge in [-0.1, -0.05) is 12.5 Å². The number of anilines is 2. The fraction of sp³-hybridized carbons (Fsp3) is 0.588. The van der Waals surface area contributed by atoms with Crippen LogP contribution >= 0.6 is 0 Å². The van der Waals surface area contributed by atoms with Crippen molar-refractivity contribution < 1.29 is 4.79 Å². The van der Waals surface area contributed by atoms with Crippen LogP contribution in [0, 0.1) is 5.92 Å². The monoisotopic (exact) mass is 287 g/mol. The summed E-state index contributed by atoms with van der Waals surface area (Å²) in [6.45, 7) is 2.71. The van der Waals surface area contributed by atoms with Crippen molar-refractivity contribution in [2.75, 3.05) is 17.2 Å². The summed E-state index contributed by atoms with van der Waals surface area (Å²) in [7, 11) is 0. The summed E-state index contributed by atoms with van der Waals surface area (Å²) >= 11 is 0. The second kappa shape index (κ2) is 6.48. The van der Waals surface area contributed by atoms with Gasteiger partial charge in [0.25, 0.3) is 0 Å². The van der Waals surface area contributed by atoms with Crippen molar-refractivity contribution in [3.8, 4) is 0 Å². The number of carbonyl (C=O) groups excluding carboxylic acids is 1. The van der Waals surface area contributed by atoms with E-state index in [1.807, 2.05) is 18.2 Å². The predicted octanol–water partition coefficient (Wildman–Crippen LogP) is 2.98. The lowest BCUT2D eigenvalue weighted by atomic mass is 9.93. The Morgan fingerprint density at radius 1 is 1.19 bits per heavy atom. The van der Waals surface area contributed by atoms with Gasteiger partial charge in [0, 0.05) is 30.4 Å². The van der Waals surface area contributed by atoms with Crippen molar-refractivity contribution in [3.63, 3.8) is 0 Å². The molecule has 114 valence electrons. The highest BCUT2D eigenvalue weighted by Crippen LogP contribution is 2.34. The van der Waals surface area contributed by atoms with E-state index in [2.05, 4.69) is 22.0 Å². The van der Waals surface area contributed by atoms with Crippen LogP contribution in [0.1, 0.15) is 39.0 Å². The Bertz CT molecular complexity index is 497. The first kappa shape index (κ1) is 14.4. The van der Waals surface area contributed by atoms with Gasteiger partial charge in [-0.3, -0.25) is 4.79 Å². The molecule has 2 aliphatic rings. The highest BCUT2D eigenvalue weighted by atomic mass is 16.1. The topological polar surface area (TPSA) is 53.2 Å². The molecule has 0 bridgehead atoms. The summed E-state index contributed by atoms with van der Waals surface area (Å²) in [5.41, 5.74) is 1.97. The first-order valence-electron chi connectivity index (χ1n) is 8.10. The Hall–Kier alpha value is -1.55. The molecular formula is C17H25N3O. The number of carbonyl (C=O) groups is 1. The first-order chi connectivity index (χ1) is 10.2. The zero-order valence-electron chi connectivity index (χ0n) is 12.7. The van der Waals surface area contributed by atoms with E-state index in [1.54, 1.807) is 6.92 Å². The lowest BCUT2D eigenvalue weighted by Gasteiger charge is -2.27. The van der Waals surface area contributed by atoms with Crippen LogP contribution in [0.3, 0.4) is 0 Å². The van der Waals surface area contributed by atoms with Crippen LogP contribution in [-0.4, -0.2) is 24.5 Å². The molecule has 3 atom stereocenters. The highest BCUT2D eigenvalue weighted by molar-refractivity contribution is 5.89. The van der Waals surface area contributed by atoms with E-state index < -0.39 is 0 Å². The SMILES string of the molecule is CC(=O)Nc1cccc(NC2CCCC2C2CCCN2)c1. The third-order valence-electron chi connectivity index (χ3n) is 4.72. The van der Waals surface area contributed by atoms with Gasteiger partial charge in [-0.15, -0.1) is 0 Å². The van der Waals surface area contributed by atoms with Crippen LogP contribution in [-0.2, 0) is 4.79 Å². The summed E-state index contributed by atoms with van der Waals surface area (Å²) in [5.74, 6) is 0.706. The highest BCUT2D eigenvalue weighted by Gasteiger charge is 2.34. The van der Waals surface area contributed by atoms with Gasteiger partial charge in [0.2, 0.25) is 5.91 Å². The normalized spacial score (nSPS) is 28.5. The minimum absolute atomic E-state index is 0.0268. The summed E-state index contributed by atoms with van der Waals surface area (Å²) in [6.07, 6.45) is 6.50. The Kier molecular flexibility index (Phi) is 4.44. The average Bonchev–Trinajstić information content (AvgIpc) is 3.08. The standard InChI is InChI=1S/C17H25N3O/c1-12(21)19-13-5-2-6-14(11-13)20-17-8-3-7-15(17)16-9-4-10-18-16/h2,5-6,11,15-18,20H,3-4,7-10H2,1H3,(H,19,21). The molecule has 0 radical (unpaired) electrons. The molecule has 4 nitrogen and oxygen atoms in total. The van der Waals surface area contributed by atoms with Crippen molar-refractivity contribution >= 4 is 17.3 Å². The van der Waals surface area contributed by atoms with Crippen LogP contribution in [0.5, 0.6) is 0 Å². The second-order valence-corrected chi connectivity index (χ2v) is 6.31. The largest absolute Gasteiger partial charge is 0.382 e. The maximum atomic E-state index is 11.2. The van der Waals surface area contributed by atoms with E-state index in [1.165, 1.54) is 38.6 Å². The Balaban J connectivity index is 1.66. The fourth-order valence-electron chi connectivity index (χ4n) is 3.83. The van der Waals surface area contributed by atoms with Gasteiger partial charge < -0.3 is 16.0 Å². The van der Waals surface area contributed by atoms with E-state index in [-0.39, 0.29) is 5.91 Å². The van der Waals surface area contributed by atoms with Crippen molar-refractivity contribution in [2.24, 2.45) is 5.92 Å². The zero-order valence-corrected chi connectivity index (χ0v) is 12.7. The number of rotatable bonds is 4. The average molecular weight is 287 g/mol.